The lowest BCUT2D eigenvalue weighted by atomic mass is 10.2. The number of amides is 1. The smallest absolute Gasteiger partial charge is 0.276 e. The largest absolute Gasteiger partial charge is 0.484 e. The fourth-order valence-corrected chi connectivity index (χ4v) is 1.91. The first-order valence-electron chi connectivity index (χ1n) is 7.70. The minimum absolute atomic E-state index is 0.0586. The van der Waals surface area contributed by atoms with Gasteiger partial charge in [-0.2, -0.15) is 0 Å². The molecule has 0 aromatic heterocycles. The molecule has 0 spiro atoms. The highest BCUT2D eigenvalue weighted by molar-refractivity contribution is 7.80. The van der Waals surface area contributed by atoms with E-state index >= 15 is 0 Å². The second-order valence-electron chi connectivity index (χ2n) is 4.92. The Balaban J connectivity index is 2.16. The van der Waals surface area contributed by atoms with Crippen LogP contribution in [-0.4, -0.2) is 24.2 Å². The molecule has 0 unspecified atom stereocenters. The summed E-state index contributed by atoms with van der Waals surface area (Å²) in [5.74, 6) is 0.393. The Morgan fingerprint density at radius 1 is 1.14 bits per heavy atom. The molecular formula is C16H25N3O2S. The van der Waals surface area contributed by atoms with Gasteiger partial charge in [0.15, 0.2) is 11.7 Å². The van der Waals surface area contributed by atoms with Crippen molar-refractivity contribution in [2.45, 2.75) is 39.5 Å². The Morgan fingerprint density at radius 2 is 1.86 bits per heavy atom. The predicted octanol–water partition coefficient (Wildman–Crippen LogP) is 2.31. The van der Waals surface area contributed by atoms with E-state index in [-0.39, 0.29) is 12.5 Å². The lowest BCUT2D eigenvalue weighted by Gasteiger charge is -2.12. The molecule has 0 aliphatic heterocycles. The van der Waals surface area contributed by atoms with E-state index in [4.69, 9.17) is 17.0 Å². The number of carbonyl (C=O) groups is 1. The predicted molar refractivity (Wildman–Crippen MR) is 92.7 cm³/mol. The van der Waals surface area contributed by atoms with Crippen LogP contribution in [0.4, 0.5) is 0 Å². The number of hydrogen-bond acceptors (Lipinski definition) is 3. The average molecular weight is 323 g/mol. The SMILES string of the molecule is CCCCCNC(=S)NNC(=O)COc1ccc(CC)cc1. The summed E-state index contributed by atoms with van der Waals surface area (Å²) in [6.45, 7) is 4.98. The van der Waals surface area contributed by atoms with Crippen molar-refractivity contribution in [2.75, 3.05) is 13.2 Å². The van der Waals surface area contributed by atoms with Crippen LogP contribution in [0.15, 0.2) is 24.3 Å². The number of nitrogens with one attached hydrogen (secondary N) is 3. The van der Waals surface area contributed by atoms with Gasteiger partial charge in [0.1, 0.15) is 5.75 Å². The van der Waals surface area contributed by atoms with Gasteiger partial charge in [0.25, 0.3) is 5.91 Å². The third-order valence-corrected chi connectivity index (χ3v) is 3.33. The van der Waals surface area contributed by atoms with Crippen LogP contribution in [0, 0.1) is 0 Å². The van der Waals surface area contributed by atoms with Crippen LogP contribution in [0.1, 0.15) is 38.7 Å². The Kier molecular flexibility index (Phi) is 8.98. The van der Waals surface area contributed by atoms with Crippen LogP contribution in [0.5, 0.6) is 5.75 Å². The zero-order chi connectivity index (χ0) is 16.2. The molecule has 1 aromatic rings. The summed E-state index contributed by atoms with van der Waals surface area (Å²) in [5.41, 5.74) is 6.39. The Hall–Kier alpha value is -1.82. The van der Waals surface area contributed by atoms with Crippen LogP contribution < -0.4 is 20.9 Å². The third-order valence-electron chi connectivity index (χ3n) is 3.08. The molecule has 3 N–H and O–H groups in total. The molecule has 0 saturated heterocycles. The van der Waals surface area contributed by atoms with E-state index in [1.165, 1.54) is 5.56 Å². The summed E-state index contributed by atoms with van der Waals surface area (Å²) in [7, 11) is 0. The van der Waals surface area contributed by atoms with Crippen LogP contribution in [0.3, 0.4) is 0 Å². The van der Waals surface area contributed by atoms with Gasteiger partial charge in [0.05, 0.1) is 0 Å². The van der Waals surface area contributed by atoms with Crippen LogP contribution >= 0.6 is 12.2 Å². The van der Waals surface area contributed by atoms with Gasteiger partial charge in [-0.3, -0.25) is 15.6 Å². The molecule has 0 saturated carbocycles. The molecule has 22 heavy (non-hydrogen) atoms. The van der Waals surface area contributed by atoms with E-state index in [1.54, 1.807) is 0 Å². The summed E-state index contributed by atoms with van der Waals surface area (Å²) in [6.07, 6.45) is 4.36. The monoisotopic (exact) mass is 323 g/mol. The molecule has 5 nitrogen and oxygen atoms in total. The topological polar surface area (TPSA) is 62.4 Å². The van der Waals surface area contributed by atoms with Crippen molar-refractivity contribution in [3.8, 4) is 5.75 Å². The molecule has 0 aliphatic rings. The van der Waals surface area contributed by atoms with Crippen molar-refractivity contribution >= 4 is 23.2 Å². The summed E-state index contributed by atoms with van der Waals surface area (Å²) in [4.78, 5) is 11.6. The second-order valence-corrected chi connectivity index (χ2v) is 5.33. The number of hydrazine groups is 1. The standard InChI is InChI=1S/C16H25N3O2S/c1-3-5-6-11-17-16(22)19-18-15(20)12-21-14-9-7-13(4-2)8-10-14/h7-10H,3-6,11-12H2,1-2H3,(H,18,20)(H2,17,19,22). The fourth-order valence-electron chi connectivity index (χ4n) is 1.75. The number of aryl methyl sites for hydroxylation is 1. The first-order chi connectivity index (χ1) is 10.7. The molecule has 0 heterocycles. The third kappa shape index (κ3) is 7.83. The fraction of sp³-hybridized carbons (Fsp3) is 0.500. The molecule has 1 amide bonds. The van der Waals surface area contributed by atoms with Gasteiger partial charge in [0, 0.05) is 6.54 Å². The summed E-state index contributed by atoms with van der Waals surface area (Å²) in [6, 6.07) is 7.70. The van der Waals surface area contributed by atoms with Crippen LogP contribution in [0.25, 0.3) is 0 Å². The first kappa shape index (κ1) is 18.2. The first-order valence-corrected chi connectivity index (χ1v) is 8.11. The van der Waals surface area contributed by atoms with Gasteiger partial charge >= 0.3 is 0 Å². The Labute approximate surface area is 137 Å². The molecule has 0 radical (unpaired) electrons. The van der Waals surface area contributed by atoms with E-state index in [0.29, 0.717) is 10.9 Å². The average Bonchev–Trinajstić information content (AvgIpc) is 2.55. The molecule has 1 aromatic carbocycles. The molecule has 122 valence electrons. The lowest BCUT2D eigenvalue weighted by Crippen LogP contribution is -2.48. The molecular weight excluding hydrogens is 298 g/mol. The Morgan fingerprint density at radius 3 is 2.50 bits per heavy atom. The van der Waals surface area contributed by atoms with Crippen LogP contribution in [0.2, 0.25) is 0 Å². The van der Waals surface area contributed by atoms with Gasteiger partial charge in [-0.05, 0) is 42.8 Å². The summed E-state index contributed by atoms with van der Waals surface area (Å²) in [5, 5.41) is 3.44. The number of rotatable bonds is 8. The maximum atomic E-state index is 11.6. The molecule has 0 atom stereocenters. The normalized spacial score (nSPS) is 9.91. The number of unbranched alkanes of at least 4 members (excludes halogenated alkanes) is 2. The highest BCUT2D eigenvalue weighted by Crippen LogP contribution is 2.12. The van der Waals surface area contributed by atoms with Crippen molar-refractivity contribution in [3.05, 3.63) is 29.8 Å². The van der Waals surface area contributed by atoms with E-state index in [9.17, 15) is 4.79 Å². The maximum Gasteiger partial charge on any atom is 0.276 e. The van der Waals surface area contributed by atoms with E-state index in [2.05, 4.69) is 30.0 Å². The zero-order valence-electron chi connectivity index (χ0n) is 13.3. The van der Waals surface area contributed by atoms with Gasteiger partial charge in [-0.15, -0.1) is 0 Å². The molecule has 1 rings (SSSR count). The molecule has 6 heteroatoms. The van der Waals surface area contributed by atoms with Gasteiger partial charge in [-0.25, -0.2) is 0 Å². The number of ether oxygens (including phenoxy) is 1. The highest BCUT2D eigenvalue weighted by Gasteiger charge is 2.03. The number of carbonyl (C=O) groups excluding carboxylic acids is 1. The van der Waals surface area contributed by atoms with Crippen LogP contribution in [-0.2, 0) is 11.2 Å². The number of benzene rings is 1. The molecule has 0 bridgehead atoms. The quantitative estimate of drug-likeness (QED) is 0.389. The van der Waals surface area contributed by atoms with Crippen molar-refractivity contribution in [2.24, 2.45) is 0 Å². The van der Waals surface area contributed by atoms with E-state index in [0.717, 1.165) is 32.2 Å². The van der Waals surface area contributed by atoms with Crippen molar-refractivity contribution in [3.63, 3.8) is 0 Å². The van der Waals surface area contributed by atoms with Crippen molar-refractivity contribution in [1.29, 1.82) is 0 Å². The highest BCUT2D eigenvalue weighted by atomic mass is 32.1. The summed E-state index contributed by atoms with van der Waals surface area (Å²) < 4.78 is 5.40. The van der Waals surface area contributed by atoms with E-state index < -0.39 is 0 Å². The zero-order valence-corrected chi connectivity index (χ0v) is 14.1. The van der Waals surface area contributed by atoms with Crippen molar-refractivity contribution in [1.82, 2.24) is 16.2 Å². The number of thiocarbonyl (C=S) groups is 1. The van der Waals surface area contributed by atoms with Crippen molar-refractivity contribution < 1.29 is 9.53 Å². The van der Waals surface area contributed by atoms with Gasteiger partial charge < -0.3 is 10.1 Å². The minimum Gasteiger partial charge on any atom is -0.484 e. The molecule has 0 aliphatic carbocycles. The lowest BCUT2D eigenvalue weighted by molar-refractivity contribution is -0.123. The number of hydrogen-bond donors (Lipinski definition) is 3. The maximum absolute atomic E-state index is 11.6. The second kappa shape index (κ2) is 10.8. The summed E-state index contributed by atoms with van der Waals surface area (Å²) >= 11 is 5.05. The minimum atomic E-state index is -0.280. The van der Waals surface area contributed by atoms with Gasteiger partial charge in [0.2, 0.25) is 0 Å². The molecule has 0 fully saturated rings. The van der Waals surface area contributed by atoms with E-state index in [1.807, 2.05) is 24.3 Å². The Bertz CT molecular complexity index is 463. The van der Waals surface area contributed by atoms with Gasteiger partial charge in [-0.1, -0.05) is 38.8 Å².